The first-order valence-corrected chi connectivity index (χ1v) is 7.14. The number of ether oxygens (including phenoxy) is 2. The molecule has 21 heavy (non-hydrogen) atoms. The molecule has 0 aliphatic rings. The van der Waals surface area contributed by atoms with Gasteiger partial charge in [0.25, 0.3) is 0 Å². The van der Waals surface area contributed by atoms with Gasteiger partial charge in [-0.25, -0.2) is 0 Å². The Hall–Kier alpha value is -2.00. The Balaban J connectivity index is 2.24. The van der Waals surface area contributed by atoms with Gasteiger partial charge in [-0.3, -0.25) is 0 Å². The fourth-order valence-electron chi connectivity index (χ4n) is 2.43. The number of methoxy groups -OCH3 is 1. The predicted octanol–water partition coefficient (Wildman–Crippen LogP) is 3.54. The van der Waals surface area contributed by atoms with Gasteiger partial charge in [0.1, 0.15) is 11.5 Å². The van der Waals surface area contributed by atoms with Crippen LogP contribution in [0.15, 0.2) is 48.5 Å². The summed E-state index contributed by atoms with van der Waals surface area (Å²) in [5.74, 6) is 1.55. The van der Waals surface area contributed by atoms with E-state index in [4.69, 9.17) is 9.47 Å². The first kappa shape index (κ1) is 15.4. The standard InChI is InChI=1S/C18H22O3/c1-4-21-17-8-6-5-7-16(17)18(2,19)13-14-9-11-15(20-3)12-10-14/h5-12,19H,4,13H2,1-3H3. The van der Waals surface area contributed by atoms with Crippen LogP contribution in [-0.2, 0) is 12.0 Å². The van der Waals surface area contributed by atoms with Gasteiger partial charge in [-0.1, -0.05) is 30.3 Å². The molecule has 0 radical (unpaired) electrons. The monoisotopic (exact) mass is 286 g/mol. The molecule has 3 heteroatoms. The van der Waals surface area contributed by atoms with Crippen LogP contribution >= 0.6 is 0 Å². The largest absolute Gasteiger partial charge is 0.497 e. The van der Waals surface area contributed by atoms with Crippen molar-refractivity contribution in [2.75, 3.05) is 13.7 Å². The van der Waals surface area contributed by atoms with Crippen molar-refractivity contribution in [3.8, 4) is 11.5 Å². The van der Waals surface area contributed by atoms with Crippen LogP contribution in [0.4, 0.5) is 0 Å². The molecule has 0 fully saturated rings. The predicted molar refractivity (Wildman–Crippen MR) is 83.9 cm³/mol. The number of benzene rings is 2. The summed E-state index contributed by atoms with van der Waals surface area (Å²) in [4.78, 5) is 0. The summed E-state index contributed by atoms with van der Waals surface area (Å²) in [6.45, 7) is 4.33. The van der Waals surface area contributed by atoms with Crippen LogP contribution in [0.3, 0.4) is 0 Å². The topological polar surface area (TPSA) is 38.7 Å². The molecule has 2 aromatic rings. The van der Waals surface area contributed by atoms with Gasteiger partial charge < -0.3 is 14.6 Å². The molecule has 2 rings (SSSR count). The lowest BCUT2D eigenvalue weighted by atomic mass is 9.88. The van der Waals surface area contributed by atoms with Crippen molar-refractivity contribution in [3.05, 3.63) is 59.7 Å². The molecule has 112 valence electrons. The fourth-order valence-corrected chi connectivity index (χ4v) is 2.43. The third-order valence-electron chi connectivity index (χ3n) is 3.47. The zero-order valence-corrected chi connectivity index (χ0v) is 12.8. The van der Waals surface area contributed by atoms with Crippen LogP contribution in [0.1, 0.15) is 25.0 Å². The quantitative estimate of drug-likeness (QED) is 0.882. The molecular weight excluding hydrogens is 264 g/mol. The number of para-hydroxylation sites is 1. The average molecular weight is 286 g/mol. The summed E-state index contributed by atoms with van der Waals surface area (Å²) in [5.41, 5.74) is 0.871. The third-order valence-corrected chi connectivity index (χ3v) is 3.47. The summed E-state index contributed by atoms with van der Waals surface area (Å²) in [6, 6.07) is 15.4. The van der Waals surface area contributed by atoms with Gasteiger partial charge in [0.05, 0.1) is 19.3 Å². The lowest BCUT2D eigenvalue weighted by molar-refractivity contribution is 0.0543. The zero-order valence-electron chi connectivity index (χ0n) is 12.8. The minimum atomic E-state index is -0.986. The minimum Gasteiger partial charge on any atom is -0.497 e. The van der Waals surface area contributed by atoms with E-state index in [-0.39, 0.29) is 0 Å². The Morgan fingerprint density at radius 2 is 1.71 bits per heavy atom. The van der Waals surface area contributed by atoms with Gasteiger partial charge in [0.15, 0.2) is 0 Å². The SMILES string of the molecule is CCOc1ccccc1C(C)(O)Cc1ccc(OC)cc1. The van der Waals surface area contributed by atoms with E-state index in [1.165, 1.54) is 0 Å². The van der Waals surface area contributed by atoms with Crippen molar-refractivity contribution < 1.29 is 14.6 Å². The summed E-state index contributed by atoms with van der Waals surface area (Å²) in [7, 11) is 1.64. The van der Waals surface area contributed by atoms with Crippen molar-refractivity contribution in [2.24, 2.45) is 0 Å². The number of hydrogen-bond donors (Lipinski definition) is 1. The maximum Gasteiger partial charge on any atom is 0.125 e. The Kier molecular flexibility index (Phi) is 4.86. The highest BCUT2D eigenvalue weighted by atomic mass is 16.5. The molecule has 0 aromatic heterocycles. The molecule has 0 aliphatic heterocycles. The molecule has 1 unspecified atom stereocenters. The van der Waals surface area contributed by atoms with Gasteiger partial charge in [-0.15, -0.1) is 0 Å². The van der Waals surface area contributed by atoms with E-state index in [1.807, 2.05) is 62.4 Å². The summed E-state index contributed by atoms with van der Waals surface area (Å²) in [5, 5.41) is 10.9. The average Bonchev–Trinajstić information content (AvgIpc) is 2.48. The zero-order chi connectivity index (χ0) is 15.3. The Labute approximate surface area is 126 Å². The van der Waals surface area contributed by atoms with E-state index in [1.54, 1.807) is 7.11 Å². The van der Waals surface area contributed by atoms with E-state index < -0.39 is 5.60 Å². The van der Waals surface area contributed by atoms with E-state index >= 15 is 0 Å². The third kappa shape index (κ3) is 3.76. The van der Waals surface area contributed by atoms with E-state index in [9.17, 15) is 5.11 Å². The summed E-state index contributed by atoms with van der Waals surface area (Å²) >= 11 is 0. The highest BCUT2D eigenvalue weighted by molar-refractivity contribution is 5.39. The van der Waals surface area contributed by atoms with Crippen LogP contribution < -0.4 is 9.47 Å². The Bertz CT molecular complexity index is 573. The Morgan fingerprint density at radius 1 is 1.05 bits per heavy atom. The van der Waals surface area contributed by atoms with Gasteiger partial charge in [0.2, 0.25) is 0 Å². The molecule has 0 aliphatic carbocycles. The second kappa shape index (κ2) is 6.64. The molecule has 3 nitrogen and oxygen atoms in total. The van der Waals surface area contributed by atoms with Crippen LogP contribution in [0.25, 0.3) is 0 Å². The Morgan fingerprint density at radius 3 is 2.33 bits per heavy atom. The van der Waals surface area contributed by atoms with Gasteiger partial charge in [0, 0.05) is 12.0 Å². The second-order valence-corrected chi connectivity index (χ2v) is 5.23. The molecule has 0 saturated carbocycles. The molecule has 0 heterocycles. The van der Waals surface area contributed by atoms with Crippen molar-refractivity contribution in [2.45, 2.75) is 25.9 Å². The van der Waals surface area contributed by atoms with Crippen LogP contribution in [0.2, 0.25) is 0 Å². The number of hydrogen-bond acceptors (Lipinski definition) is 3. The first-order chi connectivity index (χ1) is 10.1. The lowest BCUT2D eigenvalue weighted by Crippen LogP contribution is -2.25. The maximum atomic E-state index is 10.9. The first-order valence-electron chi connectivity index (χ1n) is 7.14. The van der Waals surface area contributed by atoms with Crippen molar-refractivity contribution in [3.63, 3.8) is 0 Å². The van der Waals surface area contributed by atoms with Crippen LogP contribution in [0, 0.1) is 0 Å². The molecule has 0 saturated heterocycles. The van der Waals surface area contributed by atoms with Gasteiger partial charge in [-0.05, 0) is 37.6 Å². The molecular formula is C18H22O3. The smallest absolute Gasteiger partial charge is 0.125 e. The molecule has 0 spiro atoms. The highest BCUT2D eigenvalue weighted by Gasteiger charge is 2.27. The van der Waals surface area contributed by atoms with Crippen molar-refractivity contribution >= 4 is 0 Å². The van der Waals surface area contributed by atoms with Crippen LogP contribution in [-0.4, -0.2) is 18.8 Å². The maximum absolute atomic E-state index is 10.9. The summed E-state index contributed by atoms with van der Waals surface area (Å²) in [6.07, 6.45) is 0.515. The molecule has 2 aromatic carbocycles. The van der Waals surface area contributed by atoms with Crippen molar-refractivity contribution in [1.29, 1.82) is 0 Å². The number of rotatable bonds is 6. The van der Waals surface area contributed by atoms with Crippen LogP contribution in [0.5, 0.6) is 11.5 Å². The van der Waals surface area contributed by atoms with E-state index in [2.05, 4.69) is 0 Å². The van der Waals surface area contributed by atoms with E-state index in [0.29, 0.717) is 13.0 Å². The summed E-state index contributed by atoms with van der Waals surface area (Å²) < 4.78 is 10.8. The van der Waals surface area contributed by atoms with Gasteiger partial charge >= 0.3 is 0 Å². The molecule has 1 N–H and O–H groups in total. The van der Waals surface area contributed by atoms with Gasteiger partial charge in [-0.2, -0.15) is 0 Å². The molecule has 1 atom stereocenters. The molecule has 0 bridgehead atoms. The highest BCUT2D eigenvalue weighted by Crippen LogP contribution is 2.33. The normalized spacial score (nSPS) is 13.5. The number of aliphatic hydroxyl groups is 1. The lowest BCUT2D eigenvalue weighted by Gasteiger charge is -2.26. The fraction of sp³-hybridized carbons (Fsp3) is 0.333. The second-order valence-electron chi connectivity index (χ2n) is 5.23. The van der Waals surface area contributed by atoms with Crippen molar-refractivity contribution in [1.82, 2.24) is 0 Å². The minimum absolute atomic E-state index is 0.515. The molecule has 0 amide bonds. The van der Waals surface area contributed by atoms with E-state index in [0.717, 1.165) is 22.6 Å².